The third-order valence-electron chi connectivity index (χ3n) is 1.44. The van der Waals surface area contributed by atoms with Crippen LogP contribution < -0.4 is 5.32 Å². The van der Waals surface area contributed by atoms with Crippen molar-refractivity contribution >= 4 is 11.6 Å². The average molecular weight is 178 g/mol. The number of halogens is 1. The van der Waals surface area contributed by atoms with Gasteiger partial charge >= 0.3 is 0 Å². The molecule has 2 nitrogen and oxygen atoms in total. The normalized spacial score (nSPS) is 13.5. The number of aliphatic hydroxyl groups excluding tert-OH is 1. The van der Waals surface area contributed by atoms with Crippen LogP contribution >= 0.6 is 11.6 Å². The van der Waals surface area contributed by atoms with Crippen molar-refractivity contribution in [3.63, 3.8) is 0 Å². The van der Waals surface area contributed by atoms with Crippen molar-refractivity contribution in [2.24, 2.45) is 5.92 Å². The standard InChI is InChI=1S/C8H16ClNO/c1-6(2)8(11)5-10-4-7(3)9/h6,8,10-11H,3-5H2,1-2H3. The molecule has 0 aromatic heterocycles. The van der Waals surface area contributed by atoms with Gasteiger partial charge in [0.15, 0.2) is 0 Å². The van der Waals surface area contributed by atoms with Crippen molar-refractivity contribution in [1.82, 2.24) is 5.32 Å². The first-order chi connectivity index (χ1) is 5.04. The molecule has 0 aromatic carbocycles. The second-order valence-electron chi connectivity index (χ2n) is 2.96. The summed E-state index contributed by atoms with van der Waals surface area (Å²) in [5.74, 6) is 0.283. The Kier molecular flexibility index (Phi) is 5.56. The molecule has 0 spiro atoms. The van der Waals surface area contributed by atoms with Gasteiger partial charge in [0.1, 0.15) is 0 Å². The first-order valence-corrected chi connectivity index (χ1v) is 4.14. The van der Waals surface area contributed by atoms with E-state index in [2.05, 4.69) is 11.9 Å². The molecule has 0 aliphatic heterocycles. The van der Waals surface area contributed by atoms with E-state index >= 15 is 0 Å². The Morgan fingerprint density at radius 3 is 2.55 bits per heavy atom. The molecule has 1 unspecified atom stereocenters. The van der Waals surface area contributed by atoms with Gasteiger partial charge in [0.2, 0.25) is 0 Å². The SMILES string of the molecule is C=C(Cl)CNCC(O)C(C)C. The molecule has 3 heteroatoms. The Labute approximate surface area is 73.3 Å². The summed E-state index contributed by atoms with van der Waals surface area (Å²) in [6.07, 6.45) is -0.300. The lowest BCUT2D eigenvalue weighted by atomic mass is 10.1. The van der Waals surface area contributed by atoms with Crippen LogP contribution in [0.3, 0.4) is 0 Å². The van der Waals surface area contributed by atoms with Gasteiger partial charge in [-0.1, -0.05) is 32.0 Å². The van der Waals surface area contributed by atoms with Gasteiger partial charge in [-0.3, -0.25) is 0 Å². The quantitative estimate of drug-likeness (QED) is 0.665. The van der Waals surface area contributed by atoms with Crippen molar-refractivity contribution in [1.29, 1.82) is 0 Å². The molecule has 0 aromatic rings. The fraction of sp³-hybridized carbons (Fsp3) is 0.750. The highest BCUT2D eigenvalue weighted by Crippen LogP contribution is 1.99. The summed E-state index contributed by atoms with van der Waals surface area (Å²) in [6, 6.07) is 0. The Balaban J connectivity index is 3.31. The van der Waals surface area contributed by atoms with E-state index in [1.807, 2.05) is 13.8 Å². The van der Waals surface area contributed by atoms with E-state index in [-0.39, 0.29) is 12.0 Å². The van der Waals surface area contributed by atoms with Gasteiger partial charge in [-0.15, -0.1) is 0 Å². The predicted octanol–water partition coefficient (Wildman–Crippen LogP) is 1.35. The van der Waals surface area contributed by atoms with E-state index in [0.717, 1.165) is 0 Å². The van der Waals surface area contributed by atoms with Crippen LogP contribution in [-0.4, -0.2) is 24.3 Å². The third-order valence-corrected chi connectivity index (χ3v) is 1.57. The van der Waals surface area contributed by atoms with E-state index in [1.54, 1.807) is 0 Å². The summed E-state index contributed by atoms with van der Waals surface area (Å²) in [5, 5.41) is 12.9. The van der Waals surface area contributed by atoms with Crippen molar-refractivity contribution in [2.75, 3.05) is 13.1 Å². The topological polar surface area (TPSA) is 32.3 Å². The molecule has 0 amide bonds. The summed E-state index contributed by atoms with van der Waals surface area (Å²) >= 11 is 5.50. The van der Waals surface area contributed by atoms with Gasteiger partial charge in [-0.05, 0) is 5.92 Å². The molecule has 0 bridgehead atoms. The summed E-state index contributed by atoms with van der Waals surface area (Å²) in [6.45, 7) is 8.60. The Hall–Kier alpha value is -0.0500. The Bertz CT molecular complexity index is 125. The number of rotatable bonds is 5. The fourth-order valence-corrected chi connectivity index (χ4v) is 0.686. The molecular formula is C8H16ClNO. The largest absolute Gasteiger partial charge is 0.392 e. The van der Waals surface area contributed by atoms with Crippen LogP contribution in [0.4, 0.5) is 0 Å². The minimum Gasteiger partial charge on any atom is -0.392 e. The maximum atomic E-state index is 9.30. The molecule has 11 heavy (non-hydrogen) atoms. The van der Waals surface area contributed by atoms with E-state index in [0.29, 0.717) is 18.1 Å². The first-order valence-electron chi connectivity index (χ1n) is 3.76. The smallest absolute Gasteiger partial charge is 0.0687 e. The molecule has 0 rings (SSSR count). The number of aliphatic hydroxyl groups is 1. The highest BCUT2D eigenvalue weighted by atomic mass is 35.5. The van der Waals surface area contributed by atoms with E-state index in [9.17, 15) is 5.11 Å². The molecule has 0 saturated heterocycles. The van der Waals surface area contributed by atoms with Gasteiger partial charge in [-0.2, -0.15) is 0 Å². The van der Waals surface area contributed by atoms with E-state index in [4.69, 9.17) is 11.6 Å². The van der Waals surface area contributed by atoms with Crippen LogP contribution in [0.5, 0.6) is 0 Å². The zero-order chi connectivity index (χ0) is 8.85. The summed E-state index contributed by atoms with van der Waals surface area (Å²) in [5.41, 5.74) is 0. The maximum absolute atomic E-state index is 9.30. The minimum absolute atomic E-state index is 0.283. The lowest BCUT2D eigenvalue weighted by Crippen LogP contribution is -2.31. The van der Waals surface area contributed by atoms with Gasteiger partial charge in [-0.25, -0.2) is 0 Å². The second-order valence-corrected chi connectivity index (χ2v) is 3.49. The average Bonchev–Trinajstić information content (AvgIpc) is 1.86. The van der Waals surface area contributed by atoms with Gasteiger partial charge < -0.3 is 10.4 Å². The molecule has 0 aliphatic carbocycles. The fourth-order valence-electron chi connectivity index (χ4n) is 0.591. The second kappa shape index (κ2) is 5.58. The summed E-state index contributed by atoms with van der Waals surface area (Å²) in [4.78, 5) is 0. The molecule has 0 fully saturated rings. The molecule has 1 atom stereocenters. The molecule has 66 valence electrons. The predicted molar refractivity (Wildman–Crippen MR) is 48.7 cm³/mol. The van der Waals surface area contributed by atoms with Crippen molar-refractivity contribution in [3.05, 3.63) is 11.6 Å². The van der Waals surface area contributed by atoms with Crippen LogP contribution in [0.1, 0.15) is 13.8 Å². The Morgan fingerprint density at radius 2 is 2.18 bits per heavy atom. The van der Waals surface area contributed by atoms with Crippen molar-refractivity contribution in [2.45, 2.75) is 20.0 Å². The van der Waals surface area contributed by atoms with Crippen molar-refractivity contribution in [3.8, 4) is 0 Å². The number of hydrogen-bond donors (Lipinski definition) is 2. The van der Waals surface area contributed by atoms with Crippen LogP contribution in [0.25, 0.3) is 0 Å². The zero-order valence-electron chi connectivity index (χ0n) is 7.10. The lowest BCUT2D eigenvalue weighted by Gasteiger charge is -2.14. The summed E-state index contributed by atoms with van der Waals surface area (Å²) in [7, 11) is 0. The van der Waals surface area contributed by atoms with Crippen LogP contribution in [0, 0.1) is 5.92 Å². The molecule has 0 radical (unpaired) electrons. The Morgan fingerprint density at radius 1 is 1.64 bits per heavy atom. The maximum Gasteiger partial charge on any atom is 0.0687 e. The van der Waals surface area contributed by atoms with Crippen molar-refractivity contribution < 1.29 is 5.11 Å². The number of hydrogen-bond acceptors (Lipinski definition) is 2. The summed E-state index contributed by atoms with van der Waals surface area (Å²) < 4.78 is 0. The number of nitrogens with one attached hydrogen (secondary N) is 1. The van der Waals surface area contributed by atoms with E-state index in [1.165, 1.54) is 0 Å². The lowest BCUT2D eigenvalue weighted by molar-refractivity contribution is 0.125. The van der Waals surface area contributed by atoms with E-state index < -0.39 is 0 Å². The van der Waals surface area contributed by atoms with Crippen LogP contribution in [0.2, 0.25) is 0 Å². The van der Waals surface area contributed by atoms with Gasteiger partial charge in [0, 0.05) is 18.1 Å². The van der Waals surface area contributed by atoms with Crippen LogP contribution in [-0.2, 0) is 0 Å². The molecule has 0 heterocycles. The monoisotopic (exact) mass is 177 g/mol. The third kappa shape index (κ3) is 6.35. The van der Waals surface area contributed by atoms with Gasteiger partial charge in [0.05, 0.1) is 6.10 Å². The van der Waals surface area contributed by atoms with Gasteiger partial charge in [0.25, 0.3) is 0 Å². The molecule has 0 aliphatic rings. The molecular weight excluding hydrogens is 162 g/mol. The molecule has 2 N–H and O–H groups in total. The highest BCUT2D eigenvalue weighted by molar-refractivity contribution is 6.29. The molecule has 0 saturated carbocycles. The zero-order valence-corrected chi connectivity index (χ0v) is 7.86. The highest BCUT2D eigenvalue weighted by Gasteiger charge is 2.07. The minimum atomic E-state index is -0.300. The van der Waals surface area contributed by atoms with Crippen LogP contribution in [0.15, 0.2) is 11.6 Å². The first kappa shape index (κ1) is 11.0.